The van der Waals surface area contributed by atoms with Crippen molar-refractivity contribution in [3.05, 3.63) is 56.5 Å². The summed E-state index contributed by atoms with van der Waals surface area (Å²) in [5.74, 6) is -0.311. The van der Waals surface area contributed by atoms with Crippen LogP contribution in [-0.2, 0) is 11.8 Å². The molecule has 0 fully saturated rings. The first-order valence-corrected chi connectivity index (χ1v) is 9.54. The van der Waals surface area contributed by atoms with Crippen molar-refractivity contribution >= 4 is 40.0 Å². The first-order valence-electron chi connectivity index (χ1n) is 9.16. The lowest BCUT2D eigenvalue weighted by Gasteiger charge is -2.17. The molecule has 0 bridgehead atoms. The summed E-state index contributed by atoms with van der Waals surface area (Å²) < 4.78 is 12.1. The fourth-order valence-electron chi connectivity index (χ4n) is 2.83. The first kappa shape index (κ1) is 21.6. The largest absolute Gasteiger partial charge is 0.463 e. The number of aromatic nitrogens is 1. The monoisotopic (exact) mass is 404 g/mol. The maximum atomic E-state index is 12.8. The summed E-state index contributed by atoms with van der Waals surface area (Å²) in [6.07, 6.45) is 1.46. The van der Waals surface area contributed by atoms with E-state index in [0.717, 1.165) is 5.56 Å². The number of furan rings is 1. The molecule has 2 heterocycles. The Balaban J connectivity index is 0.00000136. The number of halogens is 1. The summed E-state index contributed by atoms with van der Waals surface area (Å²) in [5, 5.41) is 3.92. The Labute approximate surface area is 169 Å². The molecule has 0 amide bonds. The van der Waals surface area contributed by atoms with E-state index in [2.05, 4.69) is 5.32 Å². The van der Waals surface area contributed by atoms with Crippen LogP contribution in [-0.4, -0.2) is 17.1 Å². The molecule has 150 valence electrons. The van der Waals surface area contributed by atoms with Gasteiger partial charge in [0.1, 0.15) is 11.4 Å². The van der Waals surface area contributed by atoms with Crippen molar-refractivity contribution in [2.75, 3.05) is 11.9 Å². The number of rotatable bonds is 4. The van der Waals surface area contributed by atoms with Crippen molar-refractivity contribution in [1.82, 2.24) is 4.57 Å². The molecule has 7 heteroatoms. The SMILES string of the molecule is CC.CCOC(=O)c1c(Nc2ccc(C)cc2Cl)n(C)c(=O)c2c(C)coc12. The van der Waals surface area contributed by atoms with Crippen LogP contribution < -0.4 is 10.9 Å². The van der Waals surface area contributed by atoms with Crippen LogP contribution in [0, 0.1) is 13.8 Å². The highest BCUT2D eigenvalue weighted by atomic mass is 35.5. The molecule has 0 saturated carbocycles. The Bertz CT molecular complexity index is 1070. The minimum Gasteiger partial charge on any atom is -0.463 e. The van der Waals surface area contributed by atoms with Crippen molar-refractivity contribution in [1.29, 1.82) is 0 Å². The lowest BCUT2D eigenvalue weighted by Crippen LogP contribution is -2.24. The summed E-state index contributed by atoms with van der Waals surface area (Å²) in [6.45, 7) is 9.60. The van der Waals surface area contributed by atoms with Gasteiger partial charge >= 0.3 is 5.97 Å². The van der Waals surface area contributed by atoms with Gasteiger partial charge in [-0.15, -0.1) is 0 Å². The summed E-state index contributed by atoms with van der Waals surface area (Å²) in [7, 11) is 1.58. The summed E-state index contributed by atoms with van der Waals surface area (Å²) in [5.41, 5.74) is 2.32. The Morgan fingerprint density at radius 2 is 1.96 bits per heavy atom. The number of hydrogen-bond donors (Lipinski definition) is 1. The third-order valence-electron chi connectivity index (χ3n) is 4.15. The van der Waals surface area contributed by atoms with E-state index >= 15 is 0 Å². The summed E-state index contributed by atoms with van der Waals surface area (Å²) >= 11 is 6.30. The third-order valence-corrected chi connectivity index (χ3v) is 4.46. The van der Waals surface area contributed by atoms with E-state index in [0.29, 0.717) is 21.7 Å². The van der Waals surface area contributed by atoms with Gasteiger partial charge in [0.2, 0.25) is 0 Å². The van der Waals surface area contributed by atoms with E-state index in [9.17, 15) is 9.59 Å². The number of nitrogens with zero attached hydrogens (tertiary/aromatic N) is 1. The number of carbonyl (C=O) groups is 1. The molecule has 1 aromatic carbocycles. The molecule has 6 nitrogen and oxygen atoms in total. The van der Waals surface area contributed by atoms with Crippen LogP contribution in [0.4, 0.5) is 11.5 Å². The molecule has 0 aliphatic heterocycles. The lowest BCUT2D eigenvalue weighted by atomic mass is 10.1. The van der Waals surface area contributed by atoms with Crippen molar-refractivity contribution in [2.45, 2.75) is 34.6 Å². The van der Waals surface area contributed by atoms with Gasteiger partial charge in [0.05, 0.1) is 29.0 Å². The molecule has 0 radical (unpaired) electrons. The van der Waals surface area contributed by atoms with E-state index in [-0.39, 0.29) is 29.1 Å². The van der Waals surface area contributed by atoms with E-state index < -0.39 is 5.97 Å². The van der Waals surface area contributed by atoms with E-state index in [4.69, 9.17) is 20.8 Å². The van der Waals surface area contributed by atoms with Gasteiger partial charge in [0.25, 0.3) is 5.56 Å². The van der Waals surface area contributed by atoms with E-state index in [1.165, 1.54) is 10.8 Å². The summed E-state index contributed by atoms with van der Waals surface area (Å²) in [4.78, 5) is 25.4. The van der Waals surface area contributed by atoms with Crippen LogP contribution in [0.25, 0.3) is 11.0 Å². The molecule has 0 aliphatic carbocycles. The standard InChI is InChI=1S/C19H19ClN2O4.C2H6/c1-5-25-19(24)15-16-14(11(3)9-26-16)18(23)22(4)17(15)21-13-7-6-10(2)8-12(13)20;1-2/h6-9,21H,5H2,1-4H3;1-2H3. The third kappa shape index (κ3) is 3.92. The number of esters is 1. The number of hydrogen-bond acceptors (Lipinski definition) is 5. The van der Waals surface area contributed by atoms with Gasteiger partial charge in [-0.2, -0.15) is 0 Å². The fraction of sp³-hybridized carbons (Fsp3) is 0.333. The Morgan fingerprint density at radius 3 is 2.57 bits per heavy atom. The molecule has 0 spiro atoms. The number of pyridine rings is 1. The highest BCUT2D eigenvalue weighted by Gasteiger charge is 2.26. The molecule has 0 saturated heterocycles. The van der Waals surface area contributed by atoms with Crippen LogP contribution in [0.5, 0.6) is 0 Å². The predicted molar refractivity (Wildman–Crippen MR) is 113 cm³/mol. The molecule has 28 heavy (non-hydrogen) atoms. The first-order chi connectivity index (χ1) is 13.3. The minimum atomic E-state index is -0.576. The topological polar surface area (TPSA) is 73.5 Å². The quantitative estimate of drug-likeness (QED) is 0.593. The Kier molecular flexibility index (Phi) is 6.91. The van der Waals surface area contributed by atoms with Gasteiger partial charge in [-0.1, -0.05) is 31.5 Å². The highest BCUT2D eigenvalue weighted by molar-refractivity contribution is 6.33. The number of ether oxygens (including phenoxy) is 1. The lowest BCUT2D eigenvalue weighted by molar-refractivity contribution is 0.0528. The summed E-state index contributed by atoms with van der Waals surface area (Å²) in [6, 6.07) is 5.46. The smallest absolute Gasteiger partial charge is 0.345 e. The molecule has 0 aliphatic rings. The molecule has 3 rings (SSSR count). The van der Waals surface area contributed by atoms with Gasteiger partial charge in [0.15, 0.2) is 5.58 Å². The molecule has 1 N–H and O–H groups in total. The number of anilines is 2. The normalized spacial score (nSPS) is 10.4. The second-order valence-electron chi connectivity index (χ2n) is 6.04. The Hall–Kier alpha value is -2.73. The highest BCUT2D eigenvalue weighted by Crippen LogP contribution is 2.32. The van der Waals surface area contributed by atoms with Crippen molar-refractivity contribution < 1.29 is 13.9 Å². The second-order valence-corrected chi connectivity index (χ2v) is 6.45. The average Bonchev–Trinajstić information content (AvgIpc) is 3.04. The van der Waals surface area contributed by atoms with Gasteiger partial charge in [-0.05, 0) is 38.5 Å². The molecule has 0 unspecified atom stereocenters. The average molecular weight is 405 g/mol. The van der Waals surface area contributed by atoms with Crippen LogP contribution in [0.15, 0.2) is 33.7 Å². The van der Waals surface area contributed by atoms with Crippen LogP contribution in [0.1, 0.15) is 42.3 Å². The zero-order valence-electron chi connectivity index (χ0n) is 17.0. The van der Waals surface area contributed by atoms with Crippen molar-refractivity contribution in [3.8, 4) is 0 Å². The van der Waals surface area contributed by atoms with Gasteiger partial charge in [0, 0.05) is 12.6 Å². The van der Waals surface area contributed by atoms with E-state index in [1.54, 1.807) is 33.0 Å². The van der Waals surface area contributed by atoms with Crippen LogP contribution in [0.2, 0.25) is 5.02 Å². The van der Waals surface area contributed by atoms with Crippen LogP contribution >= 0.6 is 11.6 Å². The van der Waals surface area contributed by atoms with Gasteiger partial charge in [-0.25, -0.2) is 4.79 Å². The van der Waals surface area contributed by atoms with Crippen LogP contribution in [0.3, 0.4) is 0 Å². The van der Waals surface area contributed by atoms with Crippen molar-refractivity contribution in [2.24, 2.45) is 7.05 Å². The molecular formula is C21H25ClN2O4. The minimum absolute atomic E-state index is 0.161. The zero-order valence-corrected chi connectivity index (χ0v) is 17.7. The molecule has 0 atom stereocenters. The number of benzene rings is 1. The predicted octanol–water partition coefficient (Wildman–Crippen LogP) is 5.35. The number of aryl methyl sites for hydroxylation is 2. The maximum absolute atomic E-state index is 12.8. The second kappa shape index (κ2) is 8.97. The molecule has 2 aromatic heterocycles. The maximum Gasteiger partial charge on any atom is 0.345 e. The van der Waals surface area contributed by atoms with Gasteiger partial charge < -0.3 is 14.5 Å². The number of nitrogens with one attached hydrogen (secondary N) is 1. The number of carbonyl (C=O) groups excluding carboxylic acids is 1. The fourth-order valence-corrected chi connectivity index (χ4v) is 3.11. The number of fused-ring (bicyclic) bond motifs is 1. The van der Waals surface area contributed by atoms with Crippen molar-refractivity contribution in [3.63, 3.8) is 0 Å². The zero-order chi connectivity index (χ0) is 21.0. The molecule has 3 aromatic rings. The molecular weight excluding hydrogens is 380 g/mol. The van der Waals surface area contributed by atoms with Gasteiger partial charge in [-0.3, -0.25) is 9.36 Å². The van der Waals surface area contributed by atoms with E-state index in [1.807, 2.05) is 26.8 Å². The Morgan fingerprint density at radius 1 is 1.29 bits per heavy atom.